The van der Waals surface area contributed by atoms with Crippen molar-refractivity contribution in [1.29, 1.82) is 0 Å². The van der Waals surface area contributed by atoms with Gasteiger partial charge in [-0.15, -0.1) is 0 Å². The molecule has 1 unspecified atom stereocenters. The van der Waals surface area contributed by atoms with Gasteiger partial charge in [-0.1, -0.05) is 45.2 Å². The molecule has 0 radical (unpaired) electrons. The van der Waals surface area contributed by atoms with Crippen LogP contribution in [0.4, 0.5) is 11.4 Å². The maximum atomic E-state index is 11.9. The van der Waals surface area contributed by atoms with Crippen molar-refractivity contribution in [3.05, 3.63) is 23.8 Å². The van der Waals surface area contributed by atoms with Crippen LogP contribution >= 0.6 is 0 Å². The van der Waals surface area contributed by atoms with Crippen LogP contribution in [0.1, 0.15) is 45.1 Å². The number of hydrogen-bond donors (Lipinski definition) is 2. The van der Waals surface area contributed by atoms with E-state index >= 15 is 0 Å². The minimum Gasteiger partial charge on any atom is -0.397 e. The van der Waals surface area contributed by atoms with E-state index < -0.39 is 0 Å². The zero-order chi connectivity index (χ0) is 15.7. The topological polar surface area (TPSA) is 64.3 Å². The molecule has 0 heterocycles. The standard InChI is InChI=1S/C17H28N2O2/c1-4-6-9-14(5-2)11-21-12-16(20)19-17-13(3)8-7-10-15(17)18/h7-8,10,14H,4-6,9,11-12,18H2,1-3H3,(H,19,20). The van der Waals surface area contributed by atoms with Gasteiger partial charge in [0.15, 0.2) is 0 Å². The van der Waals surface area contributed by atoms with E-state index in [4.69, 9.17) is 10.5 Å². The van der Waals surface area contributed by atoms with Crippen molar-refractivity contribution in [3.63, 3.8) is 0 Å². The fourth-order valence-corrected chi connectivity index (χ4v) is 2.25. The van der Waals surface area contributed by atoms with Crippen LogP contribution in [0.2, 0.25) is 0 Å². The molecule has 21 heavy (non-hydrogen) atoms. The van der Waals surface area contributed by atoms with E-state index in [1.54, 1.807) is 6.07 Å². The van der Waals surface area contributed by atoms with E-state index in [-0.39, 0.29) is 12.5 Å². The second kappa shape index (κ2) is 9.40. The third-order valence-electron chi connectivity index (χ3n) is 3.70. The van der Waals surface area contributed by atoms with Gasteiger partial charge in [-0.25, -0.2) is 0 Å². The molecule has 1 aromatic rings. The van der Waals surface area contributed by atoms with Gasteiger partial charge in [-0.05, 0) is 30.9 Å². The summed E-state index contributed by atoms with van der Waals surface area (Å²) in [6, 6.07) is 5.57. The smallest absolute Gasteiger partial charge is 0.250 e. The quantitative estimate of drug-likeness (QED) is 0.681. The summed E-state index contributed by atoms with van der Waals surface area (Å²) in [5.41, 5.74) is 8.09. The van der Waals surface area contributed by atoms with Gasteiger partial charge in [-0.2, -0.15) is 0 Å². The normalized spacial score (nSPS) is 12.1. The number of carbonyl (C=O) groups excluding carboxylic acids is 1. The molecule has 0 aliphatic rings. The maximum absolute atomic E-state index is 11.9. The van der Waals surface area contributed by atoms with Crippen molar-refractivity contribution in [1.82, 2.24) is 0 Å². The Morgan fingerprint density at radius 3 is 2.76 bits per heavy atom. The van der Waals surface area contributed by atoms with E-state index in [2.05, 4.69) is 19.2 Å². The van der Waals surface area contributed by atoms with Gasteiger partial charge in [0.2, 0.25) is 5.91 Å². The monoisotopic (exact) mass is 292 g/mol. The van der Waals surface area contributed by atoms with E-state index in [1.807, 2.05) is 19.1 Å². The Labute approximate surface area is 128 Å². The van der Waals surface area contributed by atoms with Crippen LogP contribution in [0.5, 0.6) is 0 Å². The number of benzene rings is 1. The number of unbranched alkanes of at least 4 members (excludes halogenated alkanes) is 1. The van der Waals surface area contributed by atoms with E-state index in [9.17, 15) is 4.79 Å². The molecule has 0 saturated carbocycles. The Morgan fingerprint density at radius 2 is 2.14 bits per heavy atom. The average Bonchev–Trinajstić information content (AvgIpc) is 2.46. The number of nitrogen functional groups attached to an aromatic ring is 1. The Kier molecular flexibility index (Phi) is 7.83. The molecule has 0 aromatic heterocycles. The number of hydrogen-bond acceptors (Lipinski definition) is 3. The van der Waals surface area contributed by atoms with Crippen molar-refractivity contribution in [2.24, 2.45) is 5.92 Å². The van der Waals surface area contributed by atoms with Gasteiger partial charge >= 0.3 is 0 Å². The number of para-hydroxylation sites is 1. The Hall–Kier alpha value is -1.55. The van der Waals surface area contributed by atoms with Gasteiger partial charge in [0, 0.05) is 0 Å². The fourth-order valence-electron chi connectivity index (χ4n) is 2.25. The van der Waals surface area contributed by atoms with Crippen LogP contribution in [0.3, 0.4) is 0 Å². The lowest BCUT2D eigenvalue weighted by Crippen LogP contribution is -2.21. The number of aryl methyl sites for hydroxylation is 1. The highest BCUT2D eigenvalue weighted by molar-refractivity contribution is 5.95. The van der Waals surface area contributed by atoms with Crippen LogP contribution < -0.4 is 11.1 Å². The van der Waals surface area contributed by atoms with Crippen molar-refractivity contribution < 1.29 is 9.53 Å². The third-order valence-corrected chi connectivity index (χ3v) is 3.70. The SMILES string of the molecule is CCCCC(CC)COCC(=O)Nc1c(C)cccc1N. The number of rotatable bonds is 9. The maximum Gasteiger partial charge on any atom is 0.250 e. The molecule has 4 nitrogen and oxygen atoms in total. The summed E-state index contributed by atoms with van der Waals surface area (Å²) < 4.78 is 5.54. The first-order chi connectivity index (χ1) is 10.1. The first-order valence-corrected chi connectivity index (χ1v) is 7.81. The zero-order valence-electron chi connectivity index (χ0n) is 13.4. The van der Waals surface area contributed by atoms with E-state index in [0.29, 0.717) is 23.9 Å². The lowest BCUT2D eigenvalue weighted by molar-refractivity contribution is -0.121. The highest BCUT2D eigenvalue weighted by Crippen LogP contribution is 2.22. The molecular weight excluding hydrogens is 264 g/mol. The molecule has 0 bridgehead atoms. The number of amides is 1. The number of carbonyl (C=O) groups is 1. The molecule has 1 amide bonds. The van der Waals surface area contributed by atoms with Crippen molar-refractivity contribution in [2.45, 2.75) is 46.5 Å². The predicted molar refractivity (Wildman–Crippen MR) is 88.3 cm³/mol. The first-order valence-electron chi connectivity index (χ1n) is 7.81. The summed E-state index contributed by atoms with van der Waals surface area (Å²) in [5.74, 6) is 0.391. The summed E-state index contributed by atoms with van der Waals surface area (Å²) in [6.45, 7) is 7.00. The lowest BCUT2D eigenvalue weighted by atomic mass is 10.0. The van der Waals surface area contributed by atoms with Crippen molar-refractivity contribution in [3.8, 4) is 0 Å². The molecular formula is C17H28N2O2. The summed E-state index contributed by atoms with van der Waals surface area (Å²) in [4.78, 5) is 11.9. The molecule has 118 valence electrons. The van der Waals surface area contributed by atoms with Crippen molar-refractivity contribution >= 4 is 17.3 Å². The number of nitrogens with one attached hydrogen (secondary N) is 1. The second-order valence-electron chi connectivity index (χ2n) is 5.52. The molecule has 3 N–H and O–H groups in total. The van der Waals surface area contributed by atoms with E-state index in [0.717, 1.165) is 12.0 Å². The molecule has 1 rings (SSSR count). The minimum absolute atomic E-state index is 0.0798. The third kappa shape index (κ3) is 6.17. The number of nitrogens with two attached hydrogens (primary N) is 1. The largest absolute Gasteiger partial charge is 0.397 e. The van der Waals surface area contributed by atoms with Crippen LogP contribution in [-0.4, -0.2) is 19.1 Å². The predicted octanol–water partition coefficient (Wildman–Crippen LogP) is 3.75. The van der Waals surface area contributed by atoms with E-state index in [1.165, 1.54) is 19.3 Å². The molecule has 0 spiro atoms. The van der Waals surface area contributed by atoms with Crippen LogP contribution in [0.25, 0.3) is 0 Å². The Bertz CT molecular complexity index is 426. The second-order valence-corrected chi connectivity index (χ2v) is 5.52. The summed E-state index contributed by atoms with van der Waals surface area (Å²) in [5, 5.41) is 2.82. The summed E-state index contributed by atoms with van der Waals surface area (Å²) >= 11 is 0. The molecule has 4 heteroatoms. The van der Waals surface area contributed by atoms with Crippen molar-refractivity contribution in [2.75, 3.05) is 24.3 Å². The first kappa shape index (κ1) is 17.5. The highest BCUT2D eigenvalue weighted by Gasteiger charge is 2.10. The van der Waals surface area contributed by atoms with Gasteiger partial charge < -0.3 is 15.8 Å². The lowest BCUT2D eigenvalue weighted by Gasteiger charge is -2.15. The van der Waals surface area contributed by atoms with Crippen LogP contribution in [0, 0.1) is 12.8 Å². The minimum atomic E-state index is -0.152. The molecule has 1 atom stereocenters. The summed E-state index contributed by atoms with van der Waals surface area (Å²) in [7, 11) is 0. The van der Waals surface area contributed by atoms with Crippen LogP contribution in [0.15, 0.2) is 18.2 Å². The van der Waals surface area contributed by atoms with Gasteiger partial charge in [0.25, 0.3) is 0 Å². The number of ether oxygens (including phenoxy) is 1. The van der Waals surface area contributed by atoms with Gasteiger partial charge in [0.05, 0.1) is 18.0 Å². The molecule has 0 aliphatic carbocycles. The average molecular weight is 292 g/mol. The zero-order valence-corrected chi connectivity index (χ0v) is 13.4. The Morgan fingerprint density at radius 1 is 1.38 bits per heavy atom. The molecule has 0 saturated heterocycles. The Balaban J connectivity index is 2.37. The molecule has 0 aliphatic heterocycles. The highest BCUT2D eigenvalue weighted by atomic mass is 16.5. The molecule has 0 fully saturated rings. The number of anilines is 2. The molecule has 1 aromatic carbocycles. The van der Waals surface area contributed by atoms with Gasteiger partial charge in [0.1, 0.15) is 6.61 Å². The summed E-state index contributed by atoms with van der Waals surface area (Å²) in [6.07, 6.45) is 4.67. The van der Waals surface area contributed by atoms with Gasteiger partial charge in [-0.3, -0.25) is 4.79 Å². The van der Waals surface area contributed by atoms with Crippen LogP contribution in [-0.2, 0) is 9.53 Å². The fraction of sp³-hybridized carbons (Fsp3) is 0.588.